The fourth-order valence-corrected chi connectivity index (χ4v) is 3.16. The molecule has 5 heteroatoms. The minimum atomic E-state index is -0.442. The molecule has 4 nitrogen and oxygen atoms in total. The van der Waals surface area contributed by atoms with Gasteiger partial charge in [-0.25, -0.2) is 4.79 Å². The topological polar surface area (TPSA) is 41.6 Å². The smallest absolute Gasteiger partial charge is 0.410 e. The molecule has 0 radical (unpaired) electrons. The van der Waals surface area contributed by atoms with E-state index in [2.05, 4.69) is 33.4 Å². The van der Waals surface area contributed by atoms with Crippen LogP contribution in [0.25, 0.3) is 0 Å². The number of hydrogen-bond acceptors (Lipinski definition) is 3. The molecule has 1 aliphatic heterocycles. The zero-order valence-corrected chi connectivity index (χ0v) is 15.9. The van der Waals surface area contributed by atoms with E-state index in [1.807, 2.05) is 37.8 Å². The summed E-state index contributed by atoms with van der Waals surface area (Å²) >= 11 is 3.50. The molecular formula is C18H27BrN2O2. The lowest BCUT2D eigenvalue weighted by molar-refractivity contribution is 0.0243. The number of likely N-dealkylation sites (tertiary alicyclic amines) is 1. The zero-order chi connectivity index (χ0) is 16.9. The molecule has 1 heterocycles. The highest BCUT2D eigenvalue weighted by Gasteiger charge is 2.26. The van der Waals surface area contributed by atoms with Gasteiger partial charge >= 0.3 is 6.09 Å². The summed E-state index contributed by atoms with van der Waals surface area (Å²) in [6.07, 6.45) is 3.06. The van der Waals surface area contributed by atoms with Crippen molar-refractivity contribution in [1.29, 1.82) is 0 Å². The van der Waals surface area contributed by atoms with Gasteiger partial charge in [0.1, 0.15) is 5.60 Å². The Morgan fingerprint density at radius 3 is 2.87 bits per heavy atom. The molecule has 0 bridgehead atoms. The van der Waals surface area contributed by atoms with Crippen LogP contribution in [-0.2, 0) is 11.3 Å². The van der Waals surface area contributed by atoms with Crippen LogP contribution in [0.1, 0.15) is 45.6 Å². The molecule has 0 spiro atoms. The highest BCUT2D eigenvalue weighted by molar-refractivity contribution is 9.10. The highest BCUT2D eigenvalue weighted by atomic mass is 79.9. The molecule has 1 saturated heterocycles. The summed E-state index contributed by atoms with van der Waals surface area (Å²) in [6, 6.07) is 8.61. The quantitative estimate of drug-likeness (QED) is 0.845. The van der Waals surface area contributed by atoms with E-state index in [0.717, 1.165) is 36.8 Å². The maximum atomic E-state index is 12.3. The molecule has 0 saturated carbocycles. The van der Waals surface area contributed by atoms with Crippen LogP contribution >= 0.6 is 15.9 Å². The zero-order valence-electron chi connectivity index (χ0n) is 14.3. The van der Waals surface area contributed by atoms with Crippen LogP contribution in [0.5, 0.6) is 0 Å². The van der Waals surface area contributed by atoms with Crippen LogP contribution in [0.15, 0.2) is 28.7 Å². The van der Waals surface area contributed by atoms with Gasteiger partial charge in [0.2, 0.25) is 0 Å². The Balaban J connectivity index is 1.90. The predicted molar refractivity (Wildman–Crippen MR) is 96.4 cm³/mol. The van der Waals surface area contributed by atoms with Crippen molar-refractivity contribution in [3.8, 4) is 0 Å². The van der Waals surface area contributed by atoms with E-state index in [9.17, 15) is 4.79 Å². The number of benzene rings is 1. The van der Waals surface area contributed by atoms with Gasteiger partial charge in [0.05, 0.1) is 0 Å². The molecule has 2 rings (SSSR count). The lowest BCUT2D eigenvalue weighted by Gasteiger charge is -2.28. The average molecular weight is 383 g/mol. The fourth-order valence-electron chi connectivity index (χ4n) is 2.71. The largest absolute Gasteiger partial charge is 0.444 e. The van der Waals surface area contributed by atoms with Gasteiger partial charge in [0, 0.05) is 30.1 Å². The second-order valence-corrected chi connectivity index (χ2v) is 8.05. The summed E-state index contributed by atoms with van der Waals surface area (Å²) in [7, 11) is 0. The Morgan fingerprint density at radius 2 is 2.17 bits per heavy atom. The Kier molecular flexibility index (Phi) is 6.48. The molecule has 1 aliphatic rings. The molecule has 128 valence electrons. The Labute approximate surface area is 147 Å². The SMILES string of the molecule is CC(C)(C)OC(=O)N1CCCCC(NCc2cccc(Br)c2)C1. The first-order valence-electron chi connectivity index (χ1n) is 8.29. The number of halogens is 1. The van der Waals surface area contributed by atoms with E-state index in [4.69, 9.17) is 4.74 Å². The first-order chi connectivity index (χ1) is 10.8. The average Bonchev–Trinajstić information content (AvgIpc) is 2.69. The number of carbonyl (C=O) groups is 1. The minimum Gasteiger partial charge on any atom is -0.444 e. The summed E-state index contributed by atoms with van der Waals surface area (Å²) < 4.78 is 6.60. The third-order valence-corrected chi connectivity index (χ3v) is 4.30. The van der Waals surface area contributed by atoms with Crippen molar-refractivity contribution in [2.75, 3.05) is 13.1 Å². The van der Waals surface area contributed by atoms with Gasteiger partial charge < -0.3 is 15.0 Å². The van der Waals surface area contributed by atoms with E-state index in [-0.39, 0.29) is 6.09 Å². The van der Waals surface area contributed by atoms with Gasteiger partial charge in [-0.15, -0.1) is 0 Å². The molecular weight excluding hydrogens is 356 g/mol. The van der Waals surface area contributed by atoms with E-state index in [1.165, 1.54) is 5.56 Å². The molecule has 0 aliphatic carbocycles. The summed E-state index contributed by atoms with van der Waals surface area (Å²) in [5, 5.41) is 3.58. The molecule has 1 amide bonds. The molecule has 1 atom stereocenters. The summed E-state index contributed by atoms with van der Waals surface area (Å²) in [6.45, 7) is 8.03. The molecule has 23 heavy (non-hydrogen) atoms. The number of hydrogen-bond donors (Lipinski definition) is 1. The van der Waals surface area contributed by atoms with E-state index in [1.54, 1.807) is 0 Å². The summed E-state index contributed by atoms with van der Waals surface area (Å²) in [5.74, 6) is 0. The molecule has 1 N–H and O–H groups in total. The summed E-state index contributed by atoms with van der Waals surface area (Å²) in [4.78, 5) is 14.1. The van der Waals surface area contributed by atoms with Crippen molar-refractivity contribution in [1.82, 2.24) is 10.2 Å². The number of rotatable bonds is 3. The van der Waals surface area contributed by atoms with Gasteiger partial charge in [0.15, 0.2) is 0 Å². The van der Waals surface area contributed by atoms with E-state index < -0.39 is 5.60 Å². The van der Waals surface area contributed by atoms with Crippen LogP contribution in [0.2, 0.25) is 0 Å². The van der Waals surface area contributed by atoms with Crippen molar-refractivity contribution < 1.29 is 9.53 Å². The normalized spacial score (nSPS) is 19.3. The number of nitrogens with one attached hydrogen (secondary N) is 1. The number of amides is 1. The lowest BCUT2D eigenvalue weighted by Crippen LogP contribution is -2.44. The van der Waals surface area contributed by atoms with Crippen molar-refractivity contribution in [2.45, 2.75) is 58.2 Å². The van der Waals surface area contributed by atoms with E-state index >= 15 is 0 Å². The predicted octanol–water partition coefficient (Wildman–Crippen LogP) is 4.33. The van der Waals surface area contributed by atoms with E-state index in [0.29, 0.717) is 12.6 Å². The van der Waals surface area contributed by atoms with Gasteiger partial charge in [-0.2, -0.15) is 0 Å². The maximum absolute atomic E-state index is 12.3. The fraction of sp³-hybridized carbons (Fsp3) is 0.611. The van der Waals surface area contributed by atoms with Gasteiger partial charge in [-0.1, -0.05) is 34.5 Å². The Morgan fingerprint density at radius 1 is 1.39 bits per heavy atom. The first-order valence-corrected chi connectivity index (χ1v) is 9.08. The molecule has 1 fully saturated rings. The van der Waals surface area contributed by atoms with Gasteiger partial charge in [0.25, 0.3) is 0 Å². The first kappa shape index (κ1) is 18.3. The second-order valence-electron chi connectivity index (χ2n) is 7.13. The van der Waals surface area contributed by atoms with Crippen molar-refractivity contribution >= 4 is 22.0 Å². The monoisotopic (exact) mass is 382 g/mol. The third kappa shape index (κ3) is 6.51. The Hall–Kier alpha value is -1.07. The molecule has 0 aromatic heterocycles. The maximum Gasteiger partial charge on any atom is 0.410 e. The number of carbonyl (C=O) groups excluding carboxylic acids is 1. The van der Waals surface area contributed by atoms with Crippen molar-refractivity contribution in [3.63, 3.8) is 0 Å². The van der Waals surface area contributed by atoms with Crippen molar-refractivity contribution in [3.05, 3.63) is 34.3 Å². The second kappa shape index (κ2) is 8.15. The van der Waals surface area contributed by atoms with Gasteiger partial charge in [-0.05, 0) is 51.3 Å². The minimum absolute atomic E-state index is 0.200. The molecule has 1 unspecified atom stereocenters. The van der Waals surface area contributed by atoms with Gasteiger partial charge in [-0.3, -0.25) is 0 Å². The molecule has 1 aromatic rings. The number of nitrogens with zero attached hydrogens (tertiary/aromatic N) is 1. The van der Waals surface area contributed by atoms with Crippen LogP contribution < -0.4 is 5.32 Å². The standard InChI is InChI=1S/C18H27BrN2O2/c1-18(2,3)23-17(22)21-10-5-4-9-16(13-21)20-12-14-7-6-8-15(19)11-14/h6-8,11,16,20H,4-5,9-10,12-13H2,1-3H3. The van der Waals surface area contributed by atoms with Crippen LogP contribution in [-0.4, -0.2) is 35.7 Å². The number of ether oxygens (including phenoxy) is 1. The van der Waals surface area contributed by atoms with Crippen molar-refractivity contribution in [2.24, 2.45) is 0 Å². The summed E-state index contributed by atoms with van der Waals surface area (Å²) in [5.41, 5.74) is 0.801. The Bertz CT molecular complexity index is 528. The van der Waals surface area contributed by atoms with Crippen LogP contribution in [0, 0.1) is 0 Å². The lowest BCUT2D eigenvalue weighted by atomic mass is 10.1. The van der Waals surface area contributed by atoms with Crippen LogP contribution in [0.4, 0.5) is 4.79 Å². The van der Waals surface area contributed by atoms with Crippen LogP contribution in [0.3, 0.4) is 0 Å². The third-order valence-electron chi connectivity index (χ3n) is 3.81. The highest BCUT2D eigenvalue weighted by Crippen LogP contribution is 2.16. The molecule has 1 aromatic carbocycles.